The number of aliphatic imine (C=N–C) groups is 1. The molecule has 0 spiro atoms. The number of guanidine groups is 1. The van der Waals surface area contributed by atoms with E-state index in [1.54, 1.807) is 7.11 Å². The summed E-state index contributed by atoms with van der Waals surface area (Å²) >= 11 is 0. The van der Waals surface area contributed by atoms with Crippen molar-refractivity contribution < 1.29 is 18.9 Å². The third kappa shape index (κ3) is 5.75. The number of morpholine rings is 1. The Morgan fingerprint density at radius 2 is 2.11 bits per heavy atom. The quantitative estimate of drug-likeness (QED) is 0.568. The van der Waals surface area contributed by atoms with Crippen LogP contribution >= 0.6 is 0 Å². The van der Waals surface area contributed by atoms with Crippen LogP contribution in [0.1, 0.15) is 26.7 Å². The average molecular weight is 392 g/mol. The van der Waals surface area contributed by atoms with Crippen molar-refractivity contribution in [3.8, 4) is 11.5 Å². The lowest BCUT2D eigenvalue weighted by molar-refractivity contribution is -0.0817. The average Bonchev–Trinajstić information content (AvgIpc) is 3.26. The van der Waals surface area contributed by atoms with Crippen molar-refractivity contribution in [3.05, 3.63) is 24.3 Å². The van der Waals surface area contributed by atoms with E-state index in [4.69, 9.17) is 23.9 Å². The number of hydrogen-bond donors (Lipinski definition) is 1. The largest absolute Gasteiger partial charge is 0.497 e. The molecule has 2 heterocycles. The van der Waals surface area contributed by atoms with E-state index in [0.29, 0.717) is 13.2 Å². The van der Waals surface area contributed by atoms with Crippen LogP contribution in [0.25, 0.3) is 0 Å². The van der Waals surface area contributed by atoms with Crippen molar-refractivity contribution in [1.82, 2.24) is 10.2 Å². The van der Waals surface area contributed by atoms with Gasteiger partial charge in [-0.1, -0.05) is 6.07 Å². The maximum Gasteiger partial charge on any atom is 0.194 e. The van der Waals surface area contributed by atoms with E-state index in [9.17, 15) is 0 Å². The number of nitrogens with one attached hydrogen (secondary N) is 1. The molecular formula is C21H33N3O4. The lowest BCUT2D eigenvalue weighted by Gasteiger charge is -2.37. The van der Waals surface area contributed by atoms with Gasteiger partial charge in [0, 0.05) is 32.3 Å². The predicted octanol–water partition coefficient (Wildman–Crippen LogP) is 2.31. The second-order valence-corrected chi connectivity index (χ2v) is 7.21. The minimum Gasteiger partial charge on any atom is -0.497 e. The summed E-state index contributed by atoms with van der Waals surface area (Å²) < 4.78 is 23.0. The Morgan fingerprint density at radius 1 is 1.29 bits per heavy atom. The second-order valence-electron chi connectivity index (χ2n) is 7.21. The van der Waals surface area contributed by atoms with Gasteiger partial charge in [-0.2, -0.15) is 0 Å². The first kappa shape index (κ1) is 20.7. The van der Waals surface area contributed by atoms with Gasteiger partial charge in [-0.3, -0.25) is 0 Å². The first-order valence-electron chi connectivity index (χ1n) is 10.3. The molecule has 0 amide bonds. The highest BCUT2D eigenvalue weighted by atomic mass is 16.5. The molecular weight excluding hydrogens is 358 g/mol. The van der Waals surface area contributed by atoms with Gasteiger partial charge in [-0.25, -0.2) is 4.99 Å². The Balaban J connectivity index is 1.57. The normalized spacial score (nSPS) is 24.1. The van der Waals surface area contributed by atoms with Crippen LogP contribution in [0.2, 0.25) is 0 Å². The Labute approximate surface area is 168 Å². The SMILES string of the molecule is CCNC(=NCC(C)Oc1cccc(OC)c1)N1CCOC(C2CCCO2)C1. The Hall–Kier alpha value is -1.99. The molecule has 0 radical (unpaired) electrons. The van der Waals surface area contributed by atoms with Crippen molar-refractivity contribution in [2.45, 2.75) is 45.0 Å². The Morgan fingerprint density at radius 3 is 2.86 bits per heavy atom. The number of ether oxygens (including phenoxy) is 4. The number of rotatable bonds is 7. The fraction of sp³-hybridized carbons (Fsp3) is 0.667. The van der Waals surface area contributed by atoms with Crippen LogP contribution in [0, 0.1) is 0 Å². The van der Waals surface area contributed by atoms with Crippen molar-refractivity contribution in [2.24, 2.45) is 4.99 Å². The van der Waals surface area contributed by atoms with Gasteiger partial charge < -0.3 is 29.2 Å². The number of benzene rings is 1. The number of methoxy groups -OCH3 is 1. The summed E-state index contributed by atoms with van der Waals surface area (Å²) in [6.45, 7) is 8.70. The van der Waals surface area contributed by atoms with Crippen molar-refractivity contribution in [3.63, 3.8) is 0 Å². The molecule has 3 atom stereocenters. The smallest absolute Gasteiger partial charge is 0.194 e. The summed E-state index contributed by atoms with van der Waals surface area (Å²) in [5.74, 6) is 2.49. The molecule has 3 unspecified atom stereocenters. The van der Waals surface area contributed by atoms with Crippen LogP contribution in [0.5, 0.6) is 11.5 Å². The number of nitrogens with zero attached hydrogens (tertiary/aromatic N) is 2. The minimum atomic E-state index is -0.0456. The van der Waals surface area contributed by atoms with Crippen LogP contribution in [0.3, 0.4) is 0 Å². The molecule has 1 aromatic rings. The van der Waals surface area contributed by atoms with Gasteiger partial charge in [-0.05, 0) is 38.8 Å². The summed E-state index contributed by atoms with van der Waals surface area (Å²) in [5.41, 5.74) is 0. The third-order valence-electron chi connectivity index (χ3n) is 4.98. The lowest BCUT2D eigenvalue weighted by Crippen LogP contribution is -2.53. The van der Waals surface area contributed by atoms with E-state index in [0.717, 1.165) is 56.5 Å². The molecule has 3 rings (SSSR count). The highest BCUT2D eigenvalue weighted by molar-refractivity contribution is 5.80. The van der Waals surface area contributed by atoms with Gasteiger partial charge in [0.2, 0.25) is 0 Å². The van der Waals surface area contributed by atoms with Crippen LogP contribution in [-0.2, 0) is 9.47 Å². The molecule has 2 saturated heterocycles. The molecule has 0 aromatic heterocycles. The minimum absolute atomic E-state index is 0.0456. The molecule has 0 bridgehead atoms. The first-order chi connectivity index (χ1) is 13.7. The molecule has 156 valence electrons. The molecule has 2 fully saturated rings. The maximum absolute atomic E-state index is 6.00. The molecule has 0 saturated carbocycles. The summed E-state index contributed by atoms with van der Waals surface area (Å²) in [7, 11) is 1.65. The topological polar surface area (TPSA) is 64.6 Å². The fourth-order valence-corrected chi connectivity index (χ4v) is 3.57. The van der Waals surface area contributed by atoms with Gasteiger partial charge in [-0.15, -0.1) is 0 Å². The van der Waals surface area contributed by atoms with Gasteiger partial charge in [0.25, 0.3) is 0 Å². The first-order valence-corrected chi connectivity index (χ1v) is 10.3. The van der Waals surface area contributed by atoms with Crippen LogP contribution < -0.4 is 14.8 Å². The summed E-state index contributed by atoms with van der Waals surface area (Å²) in [5, 5.41) is 3.40. The fourth-order valence-electron chi connectivity index (χ4n) is 3.57. The van der Waals surface area contributed by atoms with E-state index in [2.05, 4.69) is 17.1 Å². The molecule has 2 aliphatic rings. The van der Waals surface area contributed by atoms with E-state index in [-0.39, 0.29) is 18.3 Å². The zero-order chi connectivity index (χ0) is 19.8. The van der Waals surface area contributed by atoms with E-state index in [1.807, 2.05) is 31.2 Å². The predicted molar refractivity (Wildman–Crippen MR) is 109 cm³/mol. The molecule has 1 N–H and O–H groups in total. The van der Waals surface area contributed by atoms with E-state index < -0.39 is 0 Å². The van der Waals surface area contributed by atoms with Crippen molar-refractivity contribution in [1.29, 1.82) is 0 Å². The zero-order valence-electron chi connectivity index (χ0n) is 17.2. The Bertz CT molecular complexity index is 634. The summed E-state index contributed by atoms with van der Waals surface area (Å²) in [6, 6.07) is 7.65. The standard InChI is InChI=1S/C21H33N3O4/c1-4-22-21(24-10-12-27-20(15-24)19-9-6-11-26-19)23-14-16(2)28-18-8-5-7-17(13-18)25-3/h5,7-8,13,16,19-20H,4,6,9-12,14-15H2,1-3H3,(H,22,23). The molecule has 0 aliphatic carbocycles. The Kier molecular flexibility index (Phi) is 7.80. The number of hydrogen-bond acceptors (Lipinski definition) is 5. The summed E-state index contributed by atoms with van der Waals surface area (Å²) in [4.78, 5) is 7.09. The molecule has 7 nitrogen and oxygen atoms in total. The van der Waals surface area contributed by atoms with Gasteiger partial charge in [0.15, 0.2) is 5.96 Å². The molecule has 2 aliphatic heterocycles. The van der Waals surface area contributed by atoms with E-state index in [1.165, 1.54) is 0 Å². The monoisotopic (exact) mass is 391 g/mol. The highest BCUT2D eigenvalue weighted by Gasteiger charge is 2.32. The molecule has 28 heavy (non-hydrogen) atoms. The maximum atomic E-state index is 6.00. The van der Waals surface area contributed by atoms with Gasteiger partial charge in [0.1, 0.15) is 23.7 Å². The molecule has 1 aromatic carbocycles. The van der Waals surface area contributed by atoms with Crippen molar-refractivity contribution in [2.75, 3.05) is 46.5 Å². The molecule has 7 heteroatoms. The lowest BCUT2D eigenvalue weighted by atomic mass is 10.1. The van der Waals surface area contributed by atoms with Crippen LogP contribution in [0.4, 0.5) is 0 Å². The van der Waals surface area contributed by atoms with Gasteiger partial charge >= 0.3 is 0 Å². The van der Waals surface area contributed by atoms with Gasteiger partial charge in [0.05, 0.1) is 26.4 Å². The zero-order valence-corrected chi connectivity index (χ0v) is 17.2. The second kappa shape index (κ2) is 10.5. The highest BCUT2D eigenvalue weighted by Crippen LogP contribution is 2.22. The van der Waals surface area contributed by atoms with E-state index >= 15 is 0 Å². The summed E-state index contributed by atoms with van der Waals surface area (Å²) in [6.07, 6.45) is 2.48. The third-order valence-corrected chi connectivity index (χ3v) is 4.98. The van der Waals surface area contributed by atoms with Crippen LogP contribution in [0.15, 0.2) is 29.3 Å². The van der Waals surface area contributed by atoms with Crippen LogP contribution in [-0.4, -0.2) is 75.7 Å². The van der Waals surface area contributed by atoms with Crippen molar-refractivity contribution >= 4 is 5.96 Å².